The van der Waals surface area contributed by atoms with Gasteiger partial charge in [-0.3, -0.25) is 4.79 Å². The number of carboxylic acid groups (broad SMARTS) is 1. The number of pyridine rings is 1. The summed E-state index contributed by atoms with van der Waals surface area (Å²) in [6.07, 6.45) is 0. The summed E-state index contributed by atoms with van der Waals surface area (Å²) in [4.78, 5) is 24.5. The summed E-state index contributed by atoms with van der Waals surface area (Å²) >= 11 is 5.73. The molecule has 1 aromatic heterocycles. The van der Waals surface area contributed by atoms with E-state index in [2.05, 4.69) is 4.98 Å². The number of hydrogen-bond acceptors (Lipinski definition) is 2. The van der Waals surface area contributed by atoms with Crippen LogP contribution in [-0.4, -0.2) is 16.1 Å². The van der Waals surface area contributed by atoms with E-state index in [0.717, 1.165) is 12.1 Å². The number of aromatic carboxylic acids is 1. The monoisotopic (exact) mass is 241 g/mol. The molecule has 0 unspecified atom stereocenters. The van der Waals surface area contributed by atoms with Crippen LogP contribution < -0.4 is 5.43 Å². The summed E-state index contributed by atoms with van der Waals surface area (Å²) in [5.74, 6) is -2.06. The van der Waals surface area contributed by atoms with Gasteiger partial charge in [0.25, 0.3) is 0 Å². The van der Waals surface area contributed by atoms with Crippen molar-refractivity contribution in [1.82, 2.24) is 4.98 Å². The van der Waals surface area contributed by atoms with Crippen molar-refractivity contribution in [2.75, 3.05) is 0 Å². The van der Waals surface area contributed by atoms with Gasteiger partial charge in [-0.2, -0.15) is 0 Å². The van der Waals surface area contributed by atoms with Gasteiger partial charge >= 0.3 is 5.97 Å². The molecule has 6 heteroatoms. The zero-order valence-corrected chi connectivity index (χ0v) is 8.51. The first-order valence-electron chi connectivity index (χ1n) is 4.25. The van der Waals surface area contributed by atoms with Gasteiger partial charge in [-0.25, -0.2) is 9.18 Å². The molecule has 2 aromatic rings. The second-order valence-corrected chi connectivity index (χ2v) is 3.54. The van der Waals surface area contributed by atoms with Crippen molar-refractivity contribution in [1.29, 1.82) is 0 Å². The summed E-state index contributed by atoms with van der Waals surface area (Å²) in [7, 11) is 0. The van der Waals surface area contributed by atoms with Crippen LogP contribution in [0.25, 0.3) is 10.9 Å². The minimum absolute atomic E-state index is 0.0494. The zero-order chi connectivity index (χ0) is 11.9. The number of hydrogen-bond donors (Lipinski definition) is 2. The maximum atomic E-state index is 13.4. The van der Waals surface area contributed by atoms with E-state index in [1.807, 2.05) is 0 Å². The van der Waals surface area contributed by atoms with Gasteiger partial charge in [0.2, 0.25) is 0 Å². The van der Waals surface area contributed by atoms with Gasteiger partial charge in [0.1, 0.15) is 11.5 Å². The number of nitrogens with one attached hydrogen (secondary N) is 1. The molecule has 2 rings (SSSR count). The lowest BCUT2D eigenvalue weighted by Crippen LogP contribution is -2.10. The first-order valence-corrected chi connectivity index (χ1v) is 4.63. The molecular formula is C10H5ClFNO3. The van der Waals surface area contributed by atoms with Crippen molar-refractivity contribution >= 4 is 28.5 Å². The van der Waals surface area contributed by atoms with Crippen molar-refractivity contribution in [2.45, 2.75) is 0 Å². The molecule has 1 aromatic carbocycles. The molecule has 0 saturated carbocycles. The lowest BCUT2D eigenvalue weighted by atomic mass is 10.2. The molecule has 0 saturated heterocycles. The molecule has 16 heavy (non-hydrogen) atoms. The predicted molar refractivity (Wildman–Crippen MR) is 56.5 cm³/mol. The molecule has 0 radical (unpaired) electrons. The van der Waals surface area contributed by atoms with Crippen molar-refractivity contribution in [2.24, 2.45) is 0 Å². The normalized spacial score (nSPS) is 10.6. The molecule has 0 amide bonds. The topological polar surface area (TPSA) is 70.2 Å². The first-order chi connectivity index (χ1) is 7.50. The summed E-state index contributed by atoms with van der Waals surface area (Å²) in [6, 6.07) is 3.18. The van der Waals surface area contributed by atoms with Crippen LogP contribution in [0.3, 0.4) is 0 Å². The highest BCUT2D eigenvalue weighted by molar-refractivity contribution is 6.35. The fraction of sp³-hybridized carbons (Fsp3) is 0. The summed E-state index contributed by atoms with van der Waals surface area (Å²) < 4.78 is 13.4. The van der Waals surface area contributed by atoms with Crippen LogP contribution in [0.5, 0.6) is 0 Å². The summed E-state index contributed by atoms with van der Waals surface area (Å²) in [5, 5.41) is 8.73. The maximum Gasteiger partial charge on any atom is 0.352 e. The van der Waals surface area contributed by atoms with E-state index in [1.54, 1.807) is 0 Å². The molecule has 1 heterocycles. The molecule has 0 atom stereocenters. The average molecular weight is 242 g/mol. The van der Waals surface area contributed by atoms with Crippen molar-refractivity contribution in [3.8, 4) is 0 Å². The number of carbonyl (C=O) groups is 1. The molecule has 0 aliphatic carbocycles. The predicted octanol–water partition coefficient (Wildman–Crippen LogP) is 2.02. The van der Waals surface area contributed by atoms with E-state index in [9.17, 15) is 14.0 Å². The van der Waals surface area contributed by atoms with Crippen LogP contribution in [0.1, 0.15) is 10.5 Å². The van der Waals surface area contributed by atoms with E-state index in [1.165, 1.54) is 6.07 Å². The molecule has 4 nitrogen and oxygen atoms in total. The highest BCUT2D eigenvalue weighted by Crippen LogP contribution is 2.21. The van der Waals surface area contributed by atoms with Gasteiger partial charge in [0, 0.05) is 6.07 Å². The fourth-order valence-electron chi connectivity index (χ4n) is 1.40. The van der Waals surface area contributed by atoms with Crippen LogP contribution in [0, 0.1) is 5.82 Å². The number of halogens is 2. The second kappa shape index (κ2) is 3.61. The number of fused-ring (bicyclic) bond motifs is 1. The molecule has 0 aliphatic heterocycles. The van der Waals surface area contributed by atoms with Gasteiger partial charge in [-0.15, -0.1) is 0 Å². The quantitative estimate of drug-likeness (QED) is 0.802. The third-order valence-electron chi connectivity index (χ3n) is 2.12. The SMILES string of the molecule is O=C(O)c1cc(=O)c2c(Cl)ccc(F)c2[nH]1. The Hall–Kier alpha value is -1.88. The molecule has 0 bridgehead atoms. The Bertz CT molecular complexity index is 650. The Morgan fingerprint density at radius 3 is 2.75 bits per heavy atom. The molecule has 0 aliphatic rings. The number of H-pyrrole nitrogens is 1. The Morgan fingerprint density at radius 1 is 1.44 bits per heavy atom. The molecule has 0 fully saturated rings. The number of benzene rings is 1. The van der Waals surface area contributed by atoms with Crippen LogP contribution in [0.2, 0.25) is 5.02 Å². The van der Waals surface area contributed by atoms with E-state index < -0.39 is 17.2 Å². The van der Waals surface area contributed by atoms with Gasteiger partial charge in [0.05, 0.1) is 15.9 Å². The standard InChI is InChI=1S/C10H5ClFNO3/c11-4-1-2-5(12)9-8(4)7(14)3-6(13-9)10(15)16/h1-3H,(H,13,14)(H,15,16). The van der Waals surface area contributed by atoms with Gasteiger partial charge in [0.15, 0.2) is 5.43 Å². The highest BCUT2D eigenvalue weighted by Gasteiger charge is 2.13. The summed E-state index contributed by atoms with van der Waals surface area (Å²) in [6.45, 7) is 0. The maximum absolute atomic E-state index is 13.4. The molecule has 2 N–H and O–H groups in total. The number of aromatic amines is 1. The average Bonchev–Trinajstić information content (AvgIpc) is 2.22. The Labute approximate surface area is 93.3 Å². The van der Waals surface area contributed by atoms with E-state index in [4.69, 9.17) is 16.7 Å². The lowest BCUT2D eigenvalue weighted by molar-refractivity contribution is 0.0691. The summed E-state index contributed by atoms with van der Waals surface area (Å²) in [5.41, 5.74) is -1.20. The van der Waals surface area contributed by atoms with Crippen molar-refractivity contribution < 1.29 is 14.3 Å². The zero-order valence-electron chi connectivity index (χ0n) is 7.75. The van der Waals surface area contributed by atoms with E-state index in [0.29, 0.717) is 0 Å². The lowest BCUT2D eigenvalue weighted by Gasteiger charge is -2.03. The molecular weight excluding hydrogens is 237 g/mol. The third kappa shape index (κ3) is 1.55. The third-order valence-corrected chi connectivity index (χ3v) is 2.43. The van der Waals surface area contributed by atoms with Gasteiger partial charge in [-0.05, 0) is 12.1 Å². The largest absolute Gasteiger partial charge is 0.477 e. The van der Waals surface area contributed by atoms with Crippen LogP contribution in [0.15, 0.2) is 23.0 Å². The van der Waals surface area contributed by atoms with Crippen LogP contribution >= 0.6 is 11.6 Å². The molecule has 0 spiro atoms. The smallest absolute Gasteiger partial charge is 0.352 e. The van der Waals surface area contributed by atoms with Gasteiger partial charge < -0.3 is 10.1 Å². The van der Waals surface area contributed by atoms with E-state index in [-0.39, 0.29) is 21.6 Å². The van der Waals surface area contributed by atoms with Crippen LogP contribution in [0.4, 0.5) is 4.39 Å². The number of carboxylic acids is 1. The number of rotatable bonds is 1. The second-order valence-electron chi connectivity index (χ2n) is 3.13. The first kappa shape index (κ1) is 10.6. The van der Waals surface area contributed by atoms with Crippen molar-refractivity contribution in [3.63, 3.8) is 0 Å². The Morgan fingerprint density at radius 2 is 2.12 bits per heavy atom. The minimum Gasteiger partial charge on any atom is -0.477 e. The van der Waals surface area contributed by atoms with Crippen molar-refractivity contribution in [3.05, 3.63) is 45.0 Å². The van der Waals surface area contributed by atoms with Gasteiger partial charge in [-0.1, -0.05) is 11.6 Å². The Balaban J connectivity index is 2.98. The number of aromatic nitrogens is 1. The fourth-order valence-corrected chi connectivity index (χ4v) is 1.65. The van der Waals surface area contributed by atoms with Crippen LogP contribution in [-0.2, 0) is 0 Å². The van der Waals surface area contributed by atoms with E-state index >= 15 is 0 Å². The Kier molecular flexibility index (Phi) is 2.40. The molecule has 82 valence electrons. The minimum atomic E-state index is -1.33. The highest BCUT2D eigenvalue weighted by atomic mass is 35.5.